The largest absolute Gasteiger partial charge is 0.481 e. The van der Waals surface area contributed by atoms with Gasteiger partial charge in [0.1, 0.15) is 24.6 Å². The third kappa shape index (κ3) is 6.73. The minimum atomic E-state index is -0.728. The summed E-state index contributed by atoms with van der Waals surface area (Å²) in [4.78, 5) is 38.6. The van der Waals surface area contributed by atoms with E-state index in [9.17, 15) is 14.5 Å². The number of aromatic nitrogens is 1. The number of hydrogen-bond acceptors (Lipinski definition) is 8. The van der Waals surface area contributed by atoms with Gasteiger partial charge in [-0.25, -0.2) is 4.98 Å². The molecular formula is C21H18N4O5. The summed E-state index contributed by atoms with van der Waals surface area (Å²) in [6.45, 7) is 3.08. The third-order valence-electron chi connectivity index (χ3n) is 3.47. The van der Waals surface area contributed by atoms with Crippen molar-refractivity contribution in [3.05, 3.63) is 58.3 Å². The highest BCUT2D eigenvalue weighted by Gasteiger charge is 2.16. The van der Waals surface area contributed by atoms with Crippen molar-refractivity contribution >= 4 is 17.6 Å². The molecule has 1 aromatic heterocycles. The summed E-state index contributed by atoms with van der Waals surface area (Å²) in [5, 5.41) is 13.9. The number of nitrogens with zero attached hydrogens (tertiary/aromatic N) is 3. The van der Waals surface area contributed by atoms with Gasteiger partial charge in [-0.1, -0.05) is 11.8 Å². The molecule has 1 aromatic carbocycles. The third-order valence-corrected chi connectivity index (χ3v) is 3.47. The lowest BCUT2D eigenvalue weighted by atomic mass is 10.2. The summed E-state index contributed by atoms with van der Waals surface area (Å²) in [6, 6.07) is 9.88. The van der Waals surface area contributed by atoms with Gasteiger partial charge in [0.15, 0.2) is 5.69 Å². The molecule has 0 radical (unpaired) electrons. The molecular weight excluding hydrogens is 388 g/mol. The minimum absolute atomic E-state index is 0.0654. The van der Waals surface area contributed by atoms with Gasteiger partial charge in [-0.2, -0.15) is 5.26 Å². The van der Waals surface area contributed by atoms with E-state index in [-0.39, 0.29) is 30.6 Å². The van der Waals surface area contributed by atoms with Gasteiger partial charge in [-0.15, -0.1) is 4.91 Å². The summed E-state index contributed by atoms with van der Waals surface area (Å²) in [6.07, 6.45) is 1.00. The van der Waals surface area contributed by atoms with Crippen LogP contribution in [0.2, 0.25) is 0 Å². The van der Waals surface area contributed by atoms with E-state index < -0.39 is 11.9 Å². The number of pyridine rings is 1. The van der Waals surface area contributed by atoms with Crippen LogP contribution in [0.5, 0.6) is 5.75 Å². The predicted molar refractivity (Wildman–Crippen MR) is 107 cm³/mol. The molecule has 0 saturated heterocycles. The zero-order chi connectivity index (χ0) is 21.9. The lowest BCUT2D eigenvalue weighted by Crippen LogP contribution is -2.32. The first-order valence-corrected chi connectivity index (χ1v) is 8.86. The van der Waals surface area contributed by atoms with Crippen LogP contribution in [-0.4, -0.2) is 36.1 Å². The fourth-order valence-electron chi connectivity index (χ4n) is 2.19. The van der Waals surface area contributed by atoms with Crippen molar-refractivity contribution in [2.24, 2.45) is 5.18 Å². The highest BCUT2D eigenvalue weighted by Crippen LogP contribution is 2.18. The normalized spacial score (nSPS) is 9.67. The lowest BCUT2D eigenvalue weighted by molar-refractivity contribution is -0.146. The van der Waals surface area contributed by atoms with Crippen molar-refractivity contribution in [1.82, 2.24) is 10.3 Å². The molecule has 0 aliphatic carbocycles. The van der Waals surface area contributed by atoms with E-state index in [0.717, 1.165) is 0 Å². The second-order valence-corrected chi connectivity index (χ2v) is 6.13. The first kappa shape index (κ1) is 22.1. The highest BCUT2D eigenvalue weighted by atomic mass is 16.5. The number of nitrogens with one attached hydrogen (secondary N) is 1. The molecule has 0 saturated carbocycles. The molecule has 1 amide bonds. The van der Waals surface area contributed by atoms with Crippen LogP contribution in [-0.2, 0) is 9.53 Å². The molecule has 30 heavy (non-hydrogen) atoms. The molecule has 2 rings (SSSR count). The Hall–Kier alpha value is -4.24. The van der Waals surface area contributed by atoms with Crippen LogP contribution in [0.15, 0.2) is 41.7 Å². The quantitative estimate of drug-likeness (QED) is 0.424. The Kier molecular flexibility index (Phi) is 8.04. The number of esters is 1. The van der Waals surface area contributed by atoms with E-state index in [1.54, 1.807) is 38.1 Å². The van der Waals surface area contributed by atoms with Crippen LogP contribution in [0, 0.1) is 28.1 Å². The number of nitroso groups, excluding NO2 is 1. The molecule has 0 aliphatic heterocycles. The number of ether oxygens (including phenoxy) is 2. The minimum Gasteiger partial charge on any atom is -0.481 e. The number of benzene rings is 1. The average Bonchev–Trinajstić information content (AvgIpc) is 2.74. The van der Waals surface area contributed by atoms with Crippen LogP contribution in [0.4, 0.5) is 5.69 Å². The summed E-state index contributed by atoms with van der Waals surface area (Å²) in [5.74, 6) is 4.73. The Morgan fingerprint density at radius 1 is 1.23 bits per heavy atom. The molecule has 2 aromatic rings. The van der Waals surface area contributed by atoms with Crippen molar-refractivity contribution in [3.63, 3.8) is 0 Å². The van der Waals surface area contributed by atoms with Crippen LogP contribution < -0.4 is 10.1 Å². The van der Waals surface area contributed by atoms with E-state index in [1.165, 1.54) is 12.3 Å². The molecule has 152 valence electrons. The maximum absolute atomic E-state index is 12.1. The zero-order valence-corrected chi connectivity index (χ0v) is 16.3. The molecule has 1 N–H and O–H groups in total. The van der Waals surface area contributed by atoms with E-state index in [0.29, 0.717) is 16.9 Å². The molecule has 0 spiro atoms. The van der Waals surface area contributed by atoms with Gasteiger partial charge in [-0.05, 0) is 49.4 Å². The predicted octanol–water partition coefficient (Wildman–Crippen LogP) is 2.46. The number of hydrogen-bond donors (Lipinski definition) is 1. The van der Waals surface area contributed by atoms with Crippen molar-refractivity contribution in [3.8, 4) is 23.7 Å². The Bertz CT molecular complexity index is 1030. The summed E-state index contributed by atoms with van der Waals surface area (Å²) in [5.41, 5.74) is 0.462. The van der Waals surface area contributed by atoms with E-state index in [4.69, 9.17) is 14.7 Å². The van der Waals surface area contributed by atoms with Crippen LogP contribution in [0.3, 0.4) is 0 Å². The Balaban J connectivity index is 1.97. The van der Waals surface area contributed by atoms with Crippen molar-refractivity contribution in [2.75, 3.05) is 13.2 Å². The fourth-order valence-corrected chi connectivity index (χ4v) is 2.19. The van der Waals surface area contributed by atoms with Gasteiger partial charge in [0.05, 0.1) is 17.7 Å². The lowest BCUT2D eigenvalue weighted by Gasteiger charge is -2.09. The zero-order valence-electron chi connectivity index (χ0n) is 16.3. The van der Waals surface area contributed by atoms with Crippen molar-refractivity contribution < 1.29 is 19.1 Å². The van der Waals surface area contributed by atoms with Crippen LogP contribution >= 0.6 is 0 Å². The number of amides is 1. The SMILES string of the molecule is CC(C)OC(=O)CNC(=O)c1ncc(C#CCOc2ccc(C#N)cc2)cc1N=O. The first-order valence-electron chi connectivity index (χ1n) is 8.86. The summed E-state index contributed by atoms with van der Waals surface area (Å²) in [7, 11) is 0. The van der Waals surface area contributed by atoms with Gasteiger partial charge in [0.25, 0.3) is 5.91 Å². The smallest absolute Gasteiger partial charge is 0.325 e. The summed E-state index contributed by atoms with van der Waals surface area (Å²) < 4.78 is 10.3. The topological polar surface area (TPSA) is 131 Å². The molecule has 9 nitrogen and oxygen atoms in total. The van der Waals surface area contributed by atoms with E-state index in [1.807, 2.05) is 6.07 Å². The highest BCUT2D eigenvalue weighted by molar-refractivity contribution is 5.98. The number of rotatable bonds is 7. The Morgan fingerprint density at radius 2 is 1.97 bits per heavy atom. The average molecular weight is 406 g/mol. The number of carbonyl (C=O) groups excluding carboxylic acids is 2. The van der Waals surface area contributed by atoms with Crippen LogP contribution in [0.25, 0.3) is 0 Å². The number of nitriles is 1. The van der Waals surface area contributed by atoms with Crippen molar-refractivity contribution in [2.45, 2.75) is 20.0 Å². The van der Waals surface area contributed by atoms with Gasteiger partial charge < -0.3 is 14.8 Å². The molecule has 9 heteroatoms. The van der Waals surface area contributed by atoms with E-state index >= 15 is 0 Å². The standard InChI is InChI=1S/C21H18N4O5/c1-14(2)30-19(26)13-24-21(27)20-18(25-28)10-16(12-23-20)4-3-9-29-17-7-5-15(11-22)6-8-17/h5-8,10,12,14H,9,13H2,1-2H3,(H,24,27). The second kappa shape index (κ2) is 10.9. The van der Waals surface area contributed by atoms with Gasteiger partial charge >= 0.3 is 5.97 Å². The number of carbonyl (C=O) groups is 2. The fraction of sp³-hybridized carbons (Fsp3) is 0.238. The van der Waals surface area contributed by atoms with E-state index in [2.05, 4.69) is 27.3 Å². The van der Waals surface area contributed by atoms with Crippen molar-refractivity contribution in [1.29, 1.82) is 5.26 Å². The first-order chi connectivity index (χ1) is 14.4. The summed E-state index contributed by atoms with van der Waals surface area (Å²) >= 11 is 0. The molecule has 0 bridgehead atoms. The Labute approximate surface area is 173 Å². The second-order valence-electron chi connectivity index (χ2n) is 6.13. The van der Waals surface area contributed by atoms with Gasteiger partial charge in [-0.3, -0.25) is 9.59 Å². The van der Waals surface area contributed by atoms with Crippen LogP contribution in [0.1, 0.15) is 35.5 Å². The molecule has 0 aliphatic rings. The molecule has 0 unspecified atom stereocenters. The Morgan fingerprint density at radius 3 is 2.60 bits per heavy atom. The van der Waals surface area contributed by atoms with Gasteiger partial charge in [0.2, 0.25) is 0 Å². The monoisotopic (exact) mass is 406 g/mol. The maximum Gasteiger partial charge on any atom is 0.325 e. The van der Waals surface area contributed by atoms with Gasteiger partial charge in [0, 0.05) is 11.8 Å². The molecule has 1 heterocycles. The maximum atomic E-state index is 12.1. The molecule has 0 atom stereocenters. The molecule has 0 fully saturated rings.